The number of ether oxygens (including phenoxy) is 1. The standard InChI is InChI=1S/C13H18FNO2/c1-13(2)11(7-12(13)16)15-9-5-4-8(14)6-10(9)17-3/h4-6,11-12,15-16H,7H2,1-3H3. The van der Waals surface area contributed by atoms with E-state index in [4.69, 9.17) is 4.74 Å². The van der Waals surface area contributed by atoms with Crippen molar-refractivity contribution in [3.8, 4) is 5.75 Å². The van der Waals surface area contributed by atoms with Gasteiger partial charge in [-0.3, -0.25) is 0 Å². The molecular formula is C13H18FNO2. The fourth-order valence-electron chi connectivity index (χ4n) is 2.12. The lowest BCUT2D eigenvalue weighted by Gasteiger charge is -2.49. The fraction of sp³-hybridized carbons (Fsp3) is 0.538. The van der Waals surface area contributed by atoms with Gasteiger partial charge in [0.25, 0.3) is 0 Å². The second kappa shape index (κ2) is 4.18. The van der Waals surface area contributed by atoms with Gasteiger partial charge in [0.05, 0.1) is 18.9 Å². The first-order valence-corrected chi connectivity index (χ1v) is 5.73. The average Bonchev–Trinajstić information content (AvgIpc) is 2.30. The van der Waals surface area contributed by atoms with Gasteiger partial charge in [-0.15, -0.1) is 0 Å². The van der Waals surface area contributed by atoms with E-state index in [1.54, 1.807) is 6.07 Å². The molecule has 4 heteroatoms. The van der Waals surface area contributed by atoms with Crippen LogP contribution in [0.2, 0.25) is 0 Å². The molecule has 2 atom stereocenters. The average molecular weight is 239 g/mol. The van der Waals surface area contributed by atoms with E-state index in [-0.39, 0.29) is 23.4 Å². The zero-order chi connectivity index (χ0) is 12.6. The summed E-state index contributed by atoms with van der Waals surface area (Å²) in [7, 11) is 1.51. The topological polar surface area (TPSA) is 41.5 Å². The number of methoxy groups -OCH3 is 1. The number of hydrogen-bond donors (Lipinski definition) is 2. The lowest BCUT2D eigenvalue weighted by Crippen LogP contribution is -2.56. The van der Waals surface area contributed by atoms with E-state index >= 15 is 0 Å². The van der Waals surface area contributed by atoms with Crippen molar-refractivity contribution in [3.63, 3.8) is 0 Å². The van der Waals surface area contributed by atoms with E-state index in [9.17, 15) is 9.50 Å². The van der Waals surface area contributed by atoms with Gasteiger partial charge in [0, 0.05) is 17.5 Å². The molecule has 0 radical (unpaired) electrons. The minimum atomic E-state index is -0.319. The molecular weight excluding hydrogens is 221 g/mol. The van der Waals surface area contributed by atoms with Gasteiger partial charge in [0.2, 0.25) is 0 Å². The molecule has 0 aliphatic heterocycles. The molecule has 1 aliphatic rings. The number of aliphatic hydroxyl groups is 1. The quantitative estimate of drug-likeness (QED) is 0.851. The van der Waals surface area contributed by atoms with Crippen LogP contribution in [0.3, 0.4) is 0 Å². The summed E-state index contributed by atoms with van der Waals surface area (Å²) in [6, 6.07) is 4.59. The van der Waals surface area contributed by atoms with Gasteiger partial charge in [-0.1, -0.05) is 13.8 Å². The minimum Gasteiger partial charge on any atom is -0.494 e. The van der Waals surface area contributed by atoms with Crippen LogP contribution in [0.5, 0.6) is 5.75 Å². The maximum Gasteiger partial charge on any atom is 0.144 e. The molecule has 94 valence electrons. The lowest BCUT2D eigenvalue weighted by atomic mass is 9.64. The predicted octanol–water partition coefficient (Wildman–Crippen LogP) is 2.41. The van der Waals surface area contributed by atoms with Crippen molar-refractivity contribution < 1.29 is 14.2 Å². The van der Waals surface area contributed by atoms with E-state index < -0.39 is 0 Å². The monoisotopic (exact) mass is 239 g/mol. The van der Waals surface area contributed by atoms with Crippen LogP contribution < -0.4 is 10.1 Å². The van der Waals surface area contributed by atoms with Gasteiger partial charge in [0.15, 0.2) is 0 Å². The Bertz CT molecular complexity index is 420. The molecule has 1 fully saturated rings. The van der Waals surface area contributed by atoms with Gasteiger partial charge in [-0.2, -0.15) is 0 Å². The number of nitrogens with one attached hydrogen (secondary N) is 1. The Morgan fingerprint density at radius 3 is 2.71 bits per heavy atom. The zero-order valence-electron chi connectivity index (χ0n) is 10.3. The van der Waals surface area contributed by atoms with Gasteiger partial charge >= 0.3 is 0 Å². The van der Waals surface area contributed by atoms with Crippen LogP contribution in [0, 0.1) is 11.2 Å². The maximum atomic E-state index is 13.0. The van der Waals surface area contributed by atoms with E-state index in [0.29, 0.717) is 12.2 Å². The van der Waals surface area contributed by atoms with Crippen molar-refractivity contribution in [1.29, 1.82) is 0 Å². The second-order valence-corrected chi connectivity index (χ2v) is 5.11. The van der Waals surface area contributed by atoms with E-state index in [1.165, 1.54) is 19.2 Å². The molecule has 0 spiro atoms. The van der Waals surface area contributed by atoms with Crippen molar-refractivity contribution in [2.45, 2.75) is 32.4 Å². The van der Waals surface area contributed by atoms with E-state index in [1.807, 2.05) is 13.8 Å². The molecule has 0 saturated heterocycles. The van der Waals surface area contributed by atoms with Crippen molar-refractivity contribution >= 4 is 5.69 Å². The first kappa shape index (κ1) is 12.2. The first-order valence-electron chi connectivity index (χ1n) is 5.73. The van der Waals surface area contributed by atoms with Crippen LogP contribution in [0.15, 0.2) is 18.2 Å². The molecule has 3 nitrogen and oxygen atoms in total. The third-order valence-corrected chi connectivity index (χ3v) is 3.71. The molecule has 0 bridgehead atoms. The zero-order valence-corrected chi connectivity index (χ0v) is 10.3. The van der Waals surface area contributed by atoms with Crippen LogP contribution in [-0.2, 0) is 0 Å². The first-order chi connectivity index (χ1) is 7.95. The Labute approximate surface area is 101 Å². The third-order valence-electron chi connectivity index (χ3n) is 3.71. The molecule has 1 aromatic rings. The second-order valence-electron chi connectivity index (χ2n) is 5.11. The Morgan fingerprint density at radius 2 is 2.18 bits per heavy atom. The Balaban J connectivity index is 2.15. The lowest BCUT2D eigenvalue weighted by molar-refractivity contribution is -0.0511. The molecule has 2 rings (SSSR count). The summed E-state index contributed by atoms with van der Waals surface area (Å²) >= 11 is 0. The third kappa shape index (κ3) is 2.09. The molecule has 2 unspecified atom stereocenters. The molecule has 0 aromatic heterocycles. The Kier molecular flexibility index (Phi) is 3.00. The number of halogens is 1. The highest BCUT2D eigenvalue weighted by Crippen LogP contribution is 2.43. The molecule has 1 aliphatic carbocycles. The summed E-state index contributed by atoms with van der Waals surface area (Å²) in [6.45, 7) is 4.02. The fourth-order valence-corrected chi connectivity index (χ4v) is 2.12. The van der Waals surface area contributed by atoms with Crippen LogP contribution in [0.25, 0.3) is 0 Å². The molecule has 0 heterocycles. The Hall–Kier alpha value is -1.29. The van der Waals surface area contributed by atoms with Crippen LogP contribution >= 0.6 is 0 Å². The van der Waals surface area contributed by atoms with Crippen LogP contribution in [0.1, 0.15) is 20.3 Å². The van der Waals surface area contributed by atoms with Gasteiger partial charge < -0.3 is 15.2 Å². The summed E-state index contributed by atoms with van der Waals surface area (Å²) < 4.78 is 18.2. The van der Waals surface area contributed by atoms with Gasteiger partial charge in [-0.25, -0.2) is 4.39 Å². The maximum absolute atomic E-state index is 13.0. The van der Waals surface area contributed by atoms with Gasteiger partial charge in [0.1, 0.15) is 11.6 Å². The number of rotatable bonds is 3. The van der Waals surface area contributed by atoms with Crippen LogP contribution in [-0.4, -0.2) is 24.4 Å². The predicted molar refractivity (Wildman–Crippen MR) is 64.8 cm³/mol. The van der Waals surface area contributed by atoms with Crippen molar-refractivity contribution in [2.75, 3.05) is 12.4 Å². The minimum absolute atomic E-state index is 0.167. The highest BCUT2D eigenvalue weighted by Gasteiger charge is 2.47. The van der Waals surface area contributed by atoms with Crippen molar-refractivity contribution in [1.82, 2.24) is 0 Å². The van der Waals surface area contributed by atoms with Crippen molar-refractivity contribution in [2.24, 2.45) is 5.41 Å². The molecule has 17 heavy (non-hydrogen) atoms. The summed E-state index contributed by atoms with van der Waals surface area (Å²) in [5.74, 6) is 0.169. The van der Waals surface area contributed by atoms with Crippen LogP contribution in [0.4, 0.5) is 10.1 Å². The number of aliphatic hydroxyl groups excluding tert-OH is 1. The highest BCUT2D eigenvalue weighted by atomic mass is 19.1. The molecule has 0 amide bonds. The SMILES string of the molecule is COc1cc(F)ccc1NC1CC(O)C1(C)C. The van der Waals surface area contributed by atoms with Gasteiger partial charge in [-0.05, 0) is 18.6 Å². The molecule has 1 saturated carbocycles. The molecule has 2 N–H and O–H groups in total. The molecule has 1 aromatic carbocycles. The number of benzene rings is 1. The summed E-state index contributed by atoms with van der Waals surface area (Å²) in [4.78, 5) is 0. The smallest absolute Gasteiger partial charge is 0.144 e. The highest BCUT2D eigenvalue weighted by molar-refractivity contribution is 5.57. The Morgan fingerprint density at radius 1 is 1.47 bits per heavy atom. The number of anilines is 1. The summed E-state index contributed by atoms with van der Waals surface area (Å²) in [6.07, 6.45) is 0.416. The number of hydrogen-bond acceptors (Lipinski definition) is 3. The van der Waals surface area contributed by atoms with E-state index in [2.05, 4.69) is 5.32 Å². The summed E-state index contributed by atoms with van der Waals surface area (Å²) in [5.41, 5.74) is 0.596. The van der Waals surface area contributed by atoms with Crippen molar-refractivity contribution in [3.05, 3.63) is 24.0 Å². The summed E-state index contributed by atoms with van der Waals surface area (Å²) in [5, 5.41) is 13.0. The normalized spacial score (nSPS) is 26.2. The van der Waals surface area contributed by atoms with E-state index in [0.717, 1.165) is 5.69 Å². The largest absolute Gasteiger partial charge is 0.494 e.